The van der Waals surface area contributed by atoms with E-state index in [1.165, 1.54) is 37.7 Å². The Bertz CT molecular complexity index is 475. The number of hydrogen-bond donors (Lipinski definition) is 0. The average Bonchev–Trinajstić information content (AvgIpc) is 2.55. The number of rotatable bonds is 6. The average molecular weight is 283 g/mol. The van der Waals surface area contributed by atoms with Crippen LogP contribution in [0.1, 0.15) is 62.5 Å². The smallest absolute Gasteiger partial charge is 0.0991 e. The first-order valence-electron chi connectivity index (χ1n) is 8.10. The molecule has 1 aliphatic rings. The topological polar surface area (TPSA) is 33.0 Å². The van der Waals surface area contributed by atoms with Gasteiger partial charge in [-0.15, -0.1) is 0 Å². The van der Waals surface area contributed by atoms with Crippen LogP contribution in [-0.4, -0.2) is 6.61 Å². The summed E-state index contributed by atoms with van der Waals surface area (Å²) in [6.07, 6.45) is 11.2. The fourth-order valence-electron chi connectivity index (χ4n) is 2.99. The molecule has 0 aliphatic heterocycles. The van der Waals surface area contributed by atoms with Gasteiger partial charge in [-0.05, 0) is 67.7 Å². The first-order valence-corrected chi connectivity index (χ1v) is 8.10. The van der Waals surface area contributed by atoms with E-state index in [1.807, 2.05) is 18.4 Å². The molecule has 0 unspecified atom stereocenters. The Morgan fingerprint density at radius 3 is 2.52 bits per heavy atom. The van der Waals surface area contributed by atoms with Crippen molar-refractivity contribution in [1.29, 1.82) is 5.26 Å². The van der Waals surface area contributed by atoms with Crippen LogP contribution in [-0.2, 0) is 4.74 Å². The number of ether oxygens (including phenoxy) is 1. The number of unbranched alkanes of at least 4 members (excludes halogenated alkanes) is 1. The first kappa shape index (κ1) is 15.6. The molecule has 1 fully saturated rings. The number of hydrogen-bond acceptors (Lipinski definition) is 2. The van der Waals surface area contributed by atoms with Crippen molar-refractivity contribution in [3.63, 3.8) is 0 Å². The van der Waals surface area contributed by atoms with Gasteiger partial charge in [0.2, 0.25) is 0 Å². The van der Waals surface area contributed by atoms with Gasteiger partial charge in [0.25, 0.3) is 0 Å². The molecule has 0 heterocycles. The van der Waals surface area contributed by atoms with E-state index < -0.39 is 0 Å². The first-order chi connectivity index (χ1) is 10.3. The summed E-state index contributed by atoms with van der Waals surface area (Å²) in [7, 11) is 0. The lowest BCUT2D eigenvalue weighted by Crippen LogP contribution is -2.17. The van der Waals surface area contributed by atoms with E-state index in [1.54, 1.807) is 0 Å². The van der Waals surface area contributed by atoms with Crippen molar-refractivity contribution >= 4 is 0 Å². The van der Waals surface area contributed by atoms with Crippen molar-refractivity contribution in [2.24, 2.45) is 5.92 Å². The highest BCUT2D eigenvalue weighted by molar-refractivity contribution is 5.33. The molecule has 2 heteroatoms. The Labute approximate surface area is 128 Å². The minimum absolute atomic E-state index is 0.657. The van der Waals surface area contributed by atoms with Gasteiger partial charge in [0.15, 0.2) is 0 Å². The Morgan fingerprint density at radius 2 is 1.90 bits per heavy atom. The predicted octanol–water partition coefficient (Wildman–Crippen LogP) is 5.16. The maximum Gasteiger partial charge on any atom is 0.0991 e. The maximum absolute atomic E-state index is 8.84. The van der Waals surface area contributed by atoms with Gasteiger partial charge in [0.05, 0.1) is 24.5 Å². The molecule has 0 saturated heterocycles. The van der Waals surface area contributed by atoms with Crippen molar-refractivity contribution in [2.75, 3.05) is 6.61 Å². The molecule has 0 radical (unpaired) electrons. The van der Waals surface area contributed by atoms with Crippen molar-refractivity contribution in [3.05, 3.63) is 47.7 Å². The second-order valence-electron chi connectivity index (χ2n) is 5.95. The SMILES string of the molecule is CCC/C=C/OCC1CCC(c2ccc(C#N)cc2)CC1. The minimum atomic E-state index is 0.657. The van der Waals surface area contributed by atoms with Gasteiger partial charge in [-0.25, -0.2) is 0 Å². The van der Waals surface area contributed by atoms with Crippen LogP contribution in [0.5, 0.6) is 0 Å². The molecule has 2 nitrogen and oxygen atoms in total. The van der Waals surface area contributed by atoms with Gasteiger partial charge in [-0.3, -0.25) is 0 Å². The van der Waals surface area contributed by atoms with Gasteiger partial charge < -0.3 is 4.74 Å². The molecule has 0 atom stereocenters. The molecular formula is C19H25NO. The van der Waals surface area contributed by atoms with Crippen molar-refractivity contribution in [1.82, 2.24) is 0 Å². The van der Waals surface area contributed by atoms with Crippen molar-refractivity contribution in [3.8, 4) is 6.07 Å². The zero-order valence-corrected chi connectivity index (χ0v) is 12.9. The van der Waals surface area contributed by atoms with Gasteiger partial charge in [0, 0.05) is 0 Å². The second-order valence-corrected chi connectivity index (χ2v) is 5.95. The van der Waals surface area contributed by atoms with Crippen molar-refractivity contribution < 1.29 is 4.74 Å². The summed E-state index contributed by atoms with van der Waals surface area (Å²) in [4.78, 5) is 0. The Hall–Kier alpha value is -1.75. The fraction of sp³-hybridized carbons (Fsp3) is 0.526. The lowest BCUT2D eigenvalue weighted by atomic mass is 9.79. The third-order valence-corrected chi connectivity index (χ3v) is 4.34. The van der Waals surface area contributed by atoms with Crippen LogP contribution in [0.3, 0.4) is 0 Å². The van der Waals surface area contributed by atoms with Gasteiger partial charge in [-0.1, -0.05) is 25.5 Å². The van der Waals surface area contributed by atoms with E-state index in [9.17, 15) is 0 Å². The maximum atomic E-state index is 8.84. The summed E-state index contributed by atoms with van der Waals surface area (Å²) in [5, 5.41) is 8.84. The zero-order valence-electron chi connectivity index (χ0n) is 12.9. The van der Waals surface area contributed by atoms with Crippen LogP contribution in [0.25, 0.3) is 0 Å². The monoisotopic (exact) mass is 283 g/mol. The molecule has 1 aliphatic carbocycles. The van der Waals surface area contributed by atoms with E-state index in [4.69, 9.17) is 10.00 Å². The molecular weight excluding hydrogens is 258 g/mol. The summed E-state index contributed by atoms with van der Waals surface area (Å²) < 4.78 is 5.63. The van der Waals surface area contributed by atoms with Crippen LogP contribution < -0.4 is 0 Å². The highest BCUT2D eigenvalue weighted by Crippen LogP contribution is 2.35. The van der Waals surface area contributed by atoms with Gasteiger partial charge >= 0.3 is 0 Å². The quantitative estimate of drug-likeness (QED) is 0.675. The summed E-state index contributed by atoms with van der Waals surface area (Å²) in [6.45, 7) is 3.04. The molecule has 0 aromatic heterocycles. The summed E-state index contributed by atoms with van der Waals surface area (Å²) >= 11 is 0. The molecule has 1 saturated carbocycles. The molecule has 2 rings (SSSR count). The second kappa shape index (κ2) is 8.52. The van der Waals surface area contributed by atoms with E-state index >= 15 is 0 Å². The molecule has 1 aromatic carbocycles. The molecule has 21 heavy (non-hydrogen) atoms. The van der Waals surface area contributed by atoms with Crippen LogP contribution in [0.15, 0.2) is 36.6 Å². The minimum Gasteiger partial charge on any atom is -0.501 e. The molecule has 1 aromatic rings. The largest absolute Gasteiger partial charge is 0.501 e. The lowest BCUT2D eigenvalue weighted by molar-refractivity contribution is 0.159. The van der Waals surface area contributed by atoms with E-state index in [0.29, 0.717) is 11.8 Å². The fourth-order valence-corrected chi connectivity index (χ4v) is 2.99. The van der Waals surface area contributed by atoms with Crippen LogP contribution in [0, 0.1) is 17.2 Å². The molecule has 0 N–H and O–H groups in total. The van der Waals surface area contributed by atoms with Gasteiger partial charge in [0.1, 0.15) is 0 Å². The van der Waals surface area contributed by atoms with E-state index in [-0.39, 0.29) is 0 Å². The van der Waals surface area contributed by atoms with Crippen LogP contribution in [0.4, 0.5) is 0 Å². The Morgan fingerprint density at radius 1 is 1.19 bits per heavy atom. The summed E-state index contributed by atoms with van der Waals surface area (Å²) in [5.74, 6) is 1.36. The normalized spacial score (nSPS) is 22.1. The number of nitriles is 1. The van der Waals surface area contributed by atoms with Crippen molar-refractivity contribution in [2.45, 2.75) is 51.4 Å². The van der Waals surface area contributed by atoms with Crippen LogP contribution >= 0.6 is 0 Å². The number of benzene rings is 1. The zero-order chi connectivity index (χ0) is 14.9. The van der Waals surface area contributed by atoms with E-state index in [2.05, 4.69) is 31.2 Å². The highest BCUT2D eigenvalue weighted by atomic mass is 16.5. The third kappa shape index (κ3) is 4.93. The predicted molar refractivity (Wildman–Crippen MR) is 85.9 cm³/mol. The third-order valence-electron chi connectivity index (χ3n) is 4.34. The van der Waals surface area contributed by atoms with Gasteiger partial charge in [-0.2, -0.15) is 5.26 Å². The molecule has 112 valence electrons. The molecule has 0 bridgehead atoms. The summed E-state index contributed by atoms with van der Waals surface area (Å²) in [6, 6.07) is 10.3. The Balaban J connectivity index is 1.73. The number of nitrogens with zero attached hydrogens (tertiary/aromatic N) is 1. The van der Waals surface area contributed by atoms with Crippen LogP contribution in [0.2, 0.25) is 0 Å². The lowest BCUT2D eigenvalue weighted by Gasteiger charge is -2.28. The summed E-state index contributed by atoms with van der Waals surface area (Å²) in [5.41, 5.74) is 2.14. The highest BCUT2D eigenvalue weighted by Gasteiger charge is 2.22. The molecule has 0 spiro atoms. The number of allylic oxidation sites excluding steroid dienone is 1. The standard InChI is InChI=1S/C19H25NO/c1-2-3-4-13-21-15-17-7-11-19(12-8-17)18-9-5-16(14-20)6-10-18/h4-6,9-10,13,17,19H,2-3,7-8,11-12,15H2,1H3/b13-4+. The van der Waals surface area contributed by atoms with E-state index in [0.717, 1.165) is 18.6 Å². The molecule has 0 amide bonds. The Kier molecular flexibility index (Phi) is 6.34.